The standard InChI is InChI=1S/C16H20N2O2/c1-12-6-5-9-16(12,11-17)18-15(20)10-14(19)13-7-3-2-4-8-13/h2-4,7-8,12,14,19H,5-6,9-10H2,1H3,(H,18,20). The molecule has 1 saturated carbocycles. The number of benzene rings is 1. The van der Waals surface area contributed by atoms with E-state index in [9.17, 15) is 15.2 Å². The Morgan fingerprint density at radius 3 is 2.80 bits per heavy atom. The number of hydrogen-bond acceptors (Lipinski definition) is 3. The van der Waals surface area contributed by atoms with Crippen molar-refractivity contribution in [1.82, 2.24) is 5.32 Å². The van der Waals surface area contributed by atoms with E-state index in [4.69, 9.17) is 0 Å². The number of hydrogen-bond donors (Lipinski definition) is 2. The largest absolute Gasteiger partial charge is 0.388 e. The summed E-state index contributed by atoms with van der Waals surface area (Å²) in [6, 6.07) is 11.3. The first-order chi connectivity index (χ1) is 9.57. The summed E-state index contributed by atoms with van der Waals surface area (Å²) in [6.07, 6.45) is 1.76. The second kappa shape index (κ2) is 6.06. The van der Waals surface area contributed by atoms with Gasteiger partial charge in [0, 0.05) is 0 Å². The molecule has 1 aromatic carbocycles. The van der Waals surface area contributed by atoms with Crippen molar-refractivity contribution in [2.24, 2.45) is 5.92 Å². The Bertz CT molecular complexity index is 509. The van der Waals surface area contributed by atoms with Gasteiger partial charge in [-0.3, -0.25) is 4.79 Å². The lowest BCUT2D eigenvalue weighted by Crippen LogP contribution is -2.49. The average Bonchev–Trinajstić information content (AvgIpc) is 2.81. The van der Waals surface area contributed by atoms with Crippen LogP contribution in [-0.2, 0) is 4.79 Å². The molecule has 2 N–H and O–H groups in total. The average molecular weight is 272 g/mol. The fourth-order valence-electron chi connectivity index (χ4n) is 2.83. The molecule has 0 bridgehead atoms. The van der Waals surface area contributed by atoms with Crippen LogP contribution < -0.4 is 5.32 Å². The van der Waals surface area contributed by atoms with Gasteiger partial charge in [0.15, 0.2) is 0 Å². The van der Waals surface area contributed by atoms with Gasteiger partial charge in [-0.15, -0.1) is 0 Å². The first-order valence-electron chi connectivity index (χ1n) is 7.02. The molecule has 0 spiro atoms. The highest BCUT2D eigenvalue weighted by molar-refractivity contribution is 5.78. The zero-order valence-electron chi connectivity index (χ0n) is 11.7. The monoisotopic (exact) mass is 272 g/mol. The summed E-state index contributed by atoms with van der Waals surface area (Å²) in [5.74, 6) is -0.109. The zero-order chi connectivity index (χ0) is 14.6. The fraction of sp³-hybridized carbons (Fsp3) is 0.500. The van der Waals surface area contributed by atoms with E-state index in [0.29, 0.717) is 12.0 Å². The Balaban J connectivity index is 1.98. The topological polar surface area (TPSA) is 73.1 Å². The molecule has 2 rings (SSSR count). The van der Waals surface area contributed by atoms with Crippen molar-refractivity contribution in [3.05, 3.63) is 35.9 Å². The molecule has 1 fully saturated rings. The minimum atomic E-state index is -0.830. The van der Waals surface area contributed by atoms with Crippen molar-refractivity contribution >= 4 is 5.91 Å². The Hall–Kier alpha value is -1.86. The third-order valence-corrected chi connectivity index (χ3v) is 4.17. The van der Waals surface area contributed by atoms with Crippen LogP contribution >= 0.6 is 0 Å². The molecule has 3 atom stereocenters. The van der Waals surface area contributed by atoms with Gasteiger partial charge in [0.1, 0.15) is 5.54 Å². The molecule has 0 aliphatic heterocycles. The molecule has 0 saturated heterocycles. The fourth-order valence-corrected chi connectivity index (χ4v) is 2.83. The molecule has 1 aliphatic carbocycles. The van der Waals surface area contributed by atoms with Gasteiger partial charge in [-0.25, -0.2) is 0 Å². The Morgan fingerprint density at radius 2 is 2.25 bits per heavy atom. The van der Waals surface area contributed by atoms with Gasteiger partial charge in [0.2, 0.25) is 5.91 Å². The van der Waals surface area contributed by atoms with E-state index in [1.165, 1.54) is 0 Å². The van der Waals surface area contributed by atoms with Gasteiger partial charge in [-0.2, -0.15) is 5.26 Å². The lowest BCUT2D eigenvalue weighted by Gasteiger charge is -2.27. The normalized spacial score (nSPS) is 26.8. The number of nitrogens with zero attached hydrogens (tertiary/aromatic N) is 1. The molecule has 0 aromatic heterocycles. The van der Waals surface area contributed by atoms with E-state index in [0.717, 1.165) is 12.8 Å². The lowest BCUT2D eigenvalue weighted by atomic mass is 9.89. The van der Waals surface area contributed by atoms with E-state index in [1.807, 2.05) is 25.1 Å². The highest BCUT2D eigenvalue weighted by Gasteiger charge is 2.41. The number of carbonyl (C=O) groups is 1. The molecule has 20 heavy (non-hydrogen) atoms. The van der Waals surface area contributed by atoms with Gasteiger partial charge < -0.3 is 10.4 Å². The van der Waals surface area contributed by atoms with Crippen LogP contribution in [0.25, 0.3) is 0 Å². The molecule has 0 radical (unpaired) electrons. The highest BCUT2D eigenvalue weighted by atomic mass is 16.3. The van der Waals surface area contributed by atoms with Crippen LogP contribution in [0.15, 0.2) is 30.3 Å². The van der Waals surface area contributed by atoms with Gasteiger partial charge in [0.05, 0.1) is 18.6 Å². The van der Waals surface area contributed by atoms with E-state index >= 15 is 0 Å². The molecule has 3 unspecified atom stereocenters. The first-order valence-corrected chi connectivity index (χ1v) is 7.02. The Morgan fingerprint density at radius 1 is 1.55 bits per heavy atom. The third kappa shape index (κ3) is 3.00. The third-order valence-electron chi connectivity index (χ3n) is 4.17. The molecular formula is C16H20N2O2. The number of nitriles is 1. The van der Waals surface area contributed by atoms with Crippen molar-refractivity contribution in [3.8, 4) is 6.07 Å². The maximum Gasteiger partial charge on any atom is 0.224 e. The molecular weight excluding hydrogens is 252 g/mol. The van der Waals surface area contributed by atoms with E-state index in [1.54, 1.807) is 12.1 Å². The predicted octanol–water partition coefficient (Wildman–Crippen LogP) is 2.31. The summed E-state index contributed by atoms with van der Waals surface area (Å²) in [6.45, 7) is 1.99. The van der Waals surface area contributed by atoms with Crippen LogP contribution in [-0.4, -0.2) is 16.6 Å². The molecule has 0 heterocycles. The molecule has 1 aliphatic rings. The van der Waals surface area contributed by atoms with E-state index in [-0.39, 0.29) is 18.2 Å². The van der Waals surface area contributed by atoms with Crippen LogP contribution in [0.3, 0.4) is 0 Å². The zero-order valence-corrected chi connectivity index (χ0v) is 11.7. The van der Waals surface area contributed by atoms with Crippen molar-refractivity contribution in [1.29, 1.82) is 5.26 Å². The van der Waals surface area contributed by atoms with Crippen LogP contribution in [0.5, 0.6) is 0 Å². The number of carbonyl (C=O) groups excluding carboxylic acids is 1. The summed E-state index contributed by atoms with van der Waals surface area (Å²) in [4.78, 5) is 12.1. The summed E-state index contributed by atoms with van der Waals surface area (Å²) in [5, 5.41) is 22.2. The lowest BCUT2D eigenvalue weighted by molar-refractivity contribution is -0.124. The summed E-state index contributed by atoms with van der Waals surface area (Å²) >= 11 is 0. The molecule has 1 aromatic rings. The minimum absolute atomic E-state index is 0.0137. The van der Waals surface area contributed by atoms with Gasteiger partial charge in [-0.05, 0) is 30.7 Å². The number of aliphatic hydroxyl groups excluding tert-OH is 1. The van der Waals surface area contributed by atoms with Crippen LogP contribution in [0.1, 0.15) is 44.3 Å². The maximum atomic E-state index is 12.1. The number of nitrogens with one attached hydrogen (secondary N) is 1. The number of amides is 1. The van der Waals surface area contributed by atoms with Crippen LogP contribution in [0.4, 0.5) is 0 Å². The van der Waals surface area contributed by atoms with E-state index < -0.39 is 11.6 Å². The molecule has 106 valence electrons. The summed E-state index contributed by atoms with van der Waals surface area (Å²) in [7, 11) is 0. The summed E-state index contributed by atoms with van der Waals surface area (Å²) in [5.41, 5.74) is -0.0406. The Labute approximate surface area is 119 Å². The smallest absolute Gasteiger partial charge is 0.224 e. The minimum Gasteiger partial charge on any atom is -0.388 e. The first kappa shape index (κ1) is 14.5. The van der Waals surface area contributed by atoms with Gasteiger partial charge >= 0.3 is 0 Å². The van der Waals surface area contributed by atoms with Crippen molar-refractivity contribution in [2.75, 3.05) is 0 Å². The quantitative estimate of drug-likeness (QED) is 0.883. The molecule has 4 nitrogen and oxygen atoms in total. The highest BCUT2D eigenvalue weighted by Crippen LogP contribution is 2.35. The van der Waals surface area contributed by atoms with Crippen molar-refractivity contribution in [3.63, 3.8) is 0 Å². The molecule has 1 amide bonds. The number of aliphatic hydroxyl groups is 1. The second-order valence-electron chi connectivity index (χ2n) is 5.56. The van der Waals surface area contributed by atoms with Crippen molar-refractivity contribution in [2.45, 2.75) is 44.2 Å². The van der Waals surface area contributed by atoms with Crippen molar-refractivity contribution < 1.29 is 9.90 Å². The predicted molar refractivity (Wildman–Crippen MR) is 75.5 cm³/mol. The molecule has 4 heteroatoms. The maximum absolute atomic E-state index is 12.1. The number of rotatable bonds is 4. The van der Waals surface area contributed by atoms with E-state index in [2.05, 4.69) is 11.4 Å². The second-order valence-corrected chi connectivity index (χ2v) is 5.56. The van der Waals surface area contributed by atoms with Crippen LogP contribution in [0, 0.1) is 17.2 Å². The van der Waals surface area contributed by atoms with Gasteiger partial charge in [-0.1, -0.05) is 37.3 Å². The van der Waals surface area contributed by atoms with Crippen LogP contribution in [0.2, 0.25) is 0 Å². The summed E-state index contributed by atoms with van der Waals surface area (Å²) < 4.78 is 0. The van der Waals surface area contributed by atoms with Gasteiger partial charge in [0.25, 0.3) is 0 Å². The SMILES string of the molecule is CC1CCCC1(C#N)NC(=O)CC(O)c1ccccc1. The Kier molecular flexibility index (Phi) is 4.41.